The van der Waals surface area contributed by atoms with Gasteiger partial charge < -0.3 is 15.0 Å². The number of fused-ring (bicyclic) bond motifs is 1. The van der Waals surface area contributed by atoms with Gasteiger partial charge in [-0.3, -0.25) is 14.2 Å². The molecule has 0 radical (unpaired) electrons. The van der Waals surface area contributed by atoms with Gasteiger partial charge in [0.15, 0.2) is 0 Å². The van der Waals surface area contributed by atoms with Crippen molar-refractivity contribution in [3.63, 3.8) is 0 Å². The van der Waals surface area contributed by atoms with Gasteiger partial charge in [0.05, 0.1) is 35.3 Å². The number of carbonyl (C=O) groups excluding carboxylic acids is 2. The summed E-state index contributed by atoms with van der Waals surface area (Å²) in [6.45, 7) is 1.82. The second-order valence-electron chi connectivity index (χ2n) is 11.1. The van der Waals surface area contributed by atoms with Crippen LogP contribution in [0.3, 0.4) is 0 Å². The van der Waals surface area contributed by atoms with E-state index in [1.165, 1.54) is 12.1 Å². The van der Waals surface area contributed by atoms with E-state index in [4.69, 9.17) is 16.3 Å². The quantitative estimate of drug-likeness (QED) is 0.115. The minimum Gasteiger partial charge on any atom is -0.497 e. The molecule has 1 aromatic heterocycles. The number of nitrogens with zero attached hydrogens (tertiary/aromatic N) is 4. The maximum Gasteiger partial charge on any atom is 0.262 e. The van der Waals surface area contributed by atoms with Crippen LogP contribution in [0.4, 0.5) is 17.1 Å². The second-order valence-corrected chi connectivity index (χ2v) is 13.3. The Labute approximate surface area is 284 Å². The van der Waals surface area contributed by atoms with Crippen LogP contribution in [0, 0.1) is 6.92 Å². The fraction of sp³-hybridized carbons (Fsp3) is 0.200. The van der Waals surface area contributed by atoms with Crippen molar-refractivity contribution in [3.05, 3.63) is 113 Å². The van der Waals surface area contributed by atoms with Crippen molar-refractivity contribution in [2.45, 2.75) is 18.2 Å². The normalized spacial score (nSPS) is 11.6. The fourth-order valence-electron chi connectivity index (χ4n) is 5.11. The van der Waals surface area contributed by atoms with Crippen LogP contribution in [0.15, 0.2) is 106 Å². The van der Waals surface area contributed by atoms with E-state index >= 15 is 0 Å². The van der Waals surface area contributed by atoms with Crippen LogP contribution in [0.25, 0.3) is 10.9 Å². The third kappa shape index (κ3) is 7.91. The van der Waals surface area contributed by atoms with E-state index in [9.17, 15) is 18.0 Å². The molecule has 48 heavy (non-hydrogen) atoms. The Morgan fingerprint density at radius 1 is 0.875 bits per heavy atom. The molecule has 1 heterocycles. The summed E-state index contributed by atoms with van der Waals surface area (Å²) in [4.78, 5) is 28.6. The van der Waals surface area contributed by atoms with Crippen LogP contribution in [-0.4, -0.2) is 59.1 Å². The SMILES string of the molecule is COc1ccc2c(c1)c(CC(=O)NCCNS(=O)(=O)c1ccc(/N=N/c3ccc(N(C)C)cc3)cc1)c(C)n2C(=O)c1ccc(Cl)cc1. The molecule has 2 N–H and O–H groups in total. The minimum atomic E-state index is -3.83. The van der Waals surface area contributed by atoms with Gasteiger partial charge in [-0.25, -0.2) is 13.1 Å². The van der Waals surface area contributed by atoms with Gasteiger partial charge in [-0.2, -0.15) is 10.2 Å². The lowest BCUT2D eigenvalue weighted by atomic mass is 10.1. The Morgan fingerprint density at radius 2 is 1.50 bits per heavy atom. The molecule has 0 saturated carbocycles. The molecule has 0 bridgehead atoms. The Kier molecular flexibility index (Phi) is 10.6. The van der Waals surface area contributed by atoms with Gasteiger partial charge in [-0.05, 0) is 103 Å². The van der Waals surface area contributed by atoms with Crippen LogP contribution in [0.1, 0.15) is 21.6 Å². The largest absolute Gasteiger partial charge is 0.497 e. The van der Waals surface area contributed by atoms with Crippen LogP contribution in [0.2, 0.25) is 5.02 Å². The van der Waals surface area contributed by atoms with E-state index in [1.54, 1.807) is 73.2 Å². The van der Waals surface area contributed by atoms with Gasteiger partial charge in [0.1, 0.15) is 5.75 Å². The van der Waals surface area contributed by atoms with Crippen molar-refractivity contribution in [2.24, 2.45) is 10.2 Å². The first-order valence-electron chi connectivity index (χ1n) is 15.0. The predicted octanol–water partition coefficient (Wildman–Crippen LogP) is 6.42. The minimum absolute atomic E-state index is 0.0257. The first-order valence-corrected chi connectivity index (χ1v) is 16.9. The number of nitrogens with one attached hydrogen (secondary N) is 2. The molecule has 1 amide bonds. The number of azo groups is 1. The maximum atomic E-state index is 13.5. The number of ether oxygens (including phenoxy) is 1. The van der Waals surface area contributed by atoms with Gasteiger partial charge in [-0.1, -0.05) is 11.6 Å². The molecule has 0 aliphatic carbocycles. The zero-order chi connectivity index (χ0) is 34.4. The molecule has 0 atom stereocenters. The Hall–Kier alpha value is -5.04. The van der Waals surface area contributed by atoms with Gasteiger partial charge in [0, 0.05) is 54.5 Å². The summed E-state index contributed by atoms with van der Waals surface area (Å²) in [6.07, 6.45) is -0.0288. The Morgan fingerprint density at radius 3 is 2.10 bits per heavy atom. The molecule has 0 aliphatic heterocycles. The highest BCUT2D eigenvalue weighted by Gasteiger charge is 2.22. The number of rotatable bonds is 12. The van der Waals surface area contributed by atoms with Crippen LogP contribution < -0.4 is 19.7 Å². The number of aromatic nitrogens is 1. The molecule has 248 valence electrons. The van der Waals surface area contributed by atoms with Crippen molar-refractivity contribution in [1.29, 1.82) is 0 Å². The maximum absolute atomic E-state index is 13.5. The number of amides is 1. The predicted molar refractivity (Wildman–Crippen MR) is 188 cm³/mol. The van der Waals surface area contributed by atoms with E-state index in [2.05, 4.69) is 20.3 Å². The number of benzene rings is 4. The summed E-state index contributed by atoms with van der Waals surface area (Å²) in [5.74, 6) is -0.00348. The van der Waals surface area contributed by atoms with Crippen LogP contribution in [-0.2, 0) is 21.2 Å². The molecule has 11 nitrogen and oxygen atoms in total. The topological polar surface area (TPSA) is 134 Å². The number of methoxy groups -OCH3 is 1. The molecular weight excluding hydrogens is 652 g/mol. The summed E-state index contributed by atoms with van der Waals surface area (Å²) in [5, 5.41) is 12.4. The molecule has 5 rings (SSSR count). The number of sulfonamides is 1. The molecule has 0 spiro atoms. The number of hydrogen-bond donors (Lipinski definition) is 2. The van der Waals surface area contributed by atoms with Crippen LogP contribution >= 0.6 is 11.6 Å². The molecule has 0 unspecified atom stereocenters. The van der Waals surface area contributed by atoms with E-state index in [-0.39, 0.29) is 36.2 Å². The van der Waals surface area contributed by atoms with Crippen molar-refractivity contribution >= 4 is 61.4 Å². The van der Waals surface area contributed by atoms with E-state index < -0.39 is 10.0 Å². The van der Waals surface area contributed by atoms with E-state index in [1.807, 2.05) is 43.3 Å². The van der Waals surface area contributed by atoms with Gasteiger partial charge >= 0.3 is 0 Å². The third-order valence-electron chi connectivity index (χ3n) is 7.71. The standard InChI is InChI=1S/C35H35ClN6O5S/c1-23-31(32-21-29(47-4)15-18-33(32)42(23)35(44)24-5-7-25(36)8-6-24)22-34(43)37-19-20-38-48(45,46)30-16-11-27(12-17-30)40-39-26-9-13-28(14-10-26)41(2)3/h5-18,21,38H,19-20,22H2,1-4H3,(H,37,43)/b40-39+. The summed E-state index contributed by atoms with van der Waals surface area (Å²) >= 11 is 6.01. The molecule has 5 aromatic rings. The number of carbonyl (C=O) groups is 2. The van der Waals surface area contributed by atoms with Crippen LogP contribution in [0.5, 0.6) is 5.75 Å². The summed E-state index contributed by atoms with van der Waals surface area (Å²) in [6, 6.07) is 25.5. The van der Waals surface area contributed by atoms with Crippen molar-refractivity contribution in [3.8, 4) is 5.75 Å². The lowest BCUT2D eigenvalue weighted by Gasteiger charge is -2.11. The molecule has 0 saturated heterocycles. The average Bonchev–Trinajstić information content (AvgIpc) is 3.35. The van der Waals surface area contributed by atoms with Crippen molar-refractivity contribution in [2.75, 3.05) is 39.2 Å². The van der Waals surface area contributed by atoms with Gasteiger partial charge in [-0.15, -0.1) is 0 Å². The summed E-state index contributed by atoms with van der Waals surface area (Å²) < 4.78 is 35.2. The second kappa shape index (κ2) is 14.8. The fourth-order valence-corrected chi connectivity index (χ4v) is 6.27. The summed E-state index contributed by atoms with van der Waals surface area (Å²) in [7, 11) is 1.62. The lowest BCUT2D eigenvalue weighted by Crippen LogP contribution is -2.35. The first kappa shape index (κ1) is 34.3. The number of halogens is 1. The first-order chi connectivity index (χ1) is 23.0. The van der Waals surface area contributed by atoms with Crippen molar-refractivity contribution < 1.29 is 22.7 Å². The molecule has 0 fully saturated rings. The highest BCUT2D eigenvalue weighted by molar-refractivity contribution is 7.89. The Balaban J connectivity index is 1.20. The zero-order valence-electron chi connectivity index (χ0n) is 26.9. The highest BCUT2D eigenvalue weighted by Crippen LogP contribution is 2.31. The highest BCUT2D eigenvalue weighted by atomic mass is 35.5. The monoisotopic (exact) mass is 686 g/mol. The van der Waals surface area contributed by atoms with Gasteiger partial charge in [0.2, 0.25) is 15.9 Å². The number of anilines is 1. The summed E-state index contributed by atoms with van der Waals surface area (Å²) in [5.41, 5.74) is 4.57. The number of hydrogen-bond acceptors (Lipinski definition) is 8. The lowest BCUT2D eigenvalue weighted by molar-refractivity contribution is -0.120. The molecular formula is C35H35ClN6O5S. The van der Waals surface area contributed by atoms with E-state index in [0.29, 0.717) is 49.9 Å². The average molecular weight is 687 g/mol. The molecule has 13 heteroatoms. The zero-order valence-corrected chi connectivity index (χ0v) is 28.5. The smallest absolute Gasteiger partial charge is 0.262 e. The molecule has 4 aromatic carbocycles. The molecule has 0 aliphatic rings. The Bertz CT molecular complexity index is 2080. The van der Waals surface area contributed by atoms with Crippen molar-refractivity contribution in [1.82, 2.24) is 14.6 Å². The third-order valence-corrected chi connectivity index (χ3v) is 9.44. The van der Waals surface area contributed by atoms with Gasteiger partial charge in [0.25, 0.3) is 5.91 Å². The van der Waals surface area contributed by atoms with E-state index in [0.717, 1.165) is 5.69 Å².